The predicted octanol–water partition coefficient (Wildman–Crippen LogP) is 1.33. The molecule has 0 bridgehead atoms. The van der Waals surface area contributed by atoms with Crippen molar-refractivity contribution in [3.05, 3.63) is 24.2 Å². The van der Waals surface area contributed by atoms with Gasteiger partial charge in [-0.2, -0.15) is 5.10 Å². The van der Waals surface area contributed by atoms with E-state index in [0.29, 0.717) is 12.5 Å². The van der Waals surface area contributed by atoms with Crippen molar-refractivity contribution in [1.29, 1.82) is 0 Å². The van der Waals surface area contributed by atoms with Crippen LogP contribution < -0.4 is 10.1 Å². The van der Waals surface area contributed by atoms with Gasteiger partial charge < -0.3 is 14.8 Å². The number of ether oxygens (including phenoxy) is 2. The standard InChI is InChI=1S/C15H20N4O2/c1-11-8-13-14(17-6-7-19(13)18-11)21-12-9-15(20-10-12)2-4-16-5-3-15/h6-8,12,16H,2-5,9-10H2,1H3. The molecule has 2 aliphatic heterocycles. The highest BCUT2D eigenvalue weighted by Gasteiger charge is 2.42. The van der Waals surface area contributed by atoms with Crippen LogP contribution in [0.4, 0.5) is 0 Å². The first-order valence-electron chi connectivity index (χ1n) is 7.56. The number of nitrogens with zero attached hydrogens (tertiary/aromatic N) is 3. The molecule has 1 spiro atoms. The van der Waals surface area contributed by atoms with Gasteiger partial charge in [-0.1, -0.05) is 0 Å². The molecule has 1 unspecified atom stereocenters. The number of nitrogens with one attached hydrogen (secondary N) is 1. The van der Waals surface area contributed by atoms with Crippen molar-refractivity contribution in [2.45, 2.75) is 37.9 Å². The van der Waals surface area contributed by atoms with Gasteiger partial charge in [0.2, 0.25) is 5.88 Å². The maximum absolute atomic E-state index is 6.11. The summed E-state index contributed by atoms with van der Waals surface area (Å²) in [5.41, 5.74) is 1.89. The molecule has 2 aromatic heterocycles. The van der Waals surface area contributed by atoms with E-state index in [2.05, 4.69) is 15.4 Å². The number of rotatable bonds is 2. The van der Waals surface area contributed by atoms with Crippen LogP contribution in [0.2, 0.25) is 0 Å². The molecule has 2 saturated heterocycles. The number of hydrogen-bond donors (Lipinski definition) is 1. The molecule has 2 aromatic rings. The summed E-state index contributed by atoms with van der Waals surface area (Å²) in [5.74, 6) is 0.651. The van der Waals surface area contributed by atoms with Crippen LogP contribution in [0, 0.1) is 6.92 Å². The minimum Gasteiger partial charge on any atom is -0.470 e. The van der Waals surface area contributed by atoms with Gasteiger partial charge in [-0.25, -0.2) is 9.50 Å². The van der Waals surface area contributed by atoms with Gasteiger partial charge in [0.25, 0.3) is 0 Å². The van der Waals surface area contributed by atoms with Crippen molar-refractivity contribution < 1.29 is 9.47 Å². The molecule has 21 heavy (non-hydrogen) atoms. The number of aromatic nitrogens is 3. The molecule has 0 aromatic carbocycles. The number of hydrogen-bond acceptors (Lipinski definition) is 5. The molecule has 4 heterocycles. The summed E-state index contributed by atoms with van der Waals surface area (Å²) in [5, 5.41) is 7.77. The predicted molar refractivity (Wildman–Crippen MR) is 77.5 cm³/mol. The quantitative estimate of drug-likeness (QED) is 0.903. The van der Waals surface area contributed by atoms with E-state index in [9.17, 15) is 0 Å². The molecule has 2 fully saturated rings. The topological polar surface area (TPSA) is 60.7 Å². The second-order valence-electron chi connectivity index (χ2n) is 6.04. The van der Waals surface area contributed by atoms with Gasteiger partial charge in [0.05, 0.1) is 17.9 Å². The van der Waals surface area contributed by atoms with E-state index in [1.165, 1.54) is 0 Å². The number of aryl methyl sites for hydroxylation is 1. The third-order valence-electron chi connectivity index (χ3n) is 4.44. The highest BCUT2D eigenvalue weighted by molar-refractivity contribution is 5.56. The smallest absolute Gasteiger partial charge is 0.240 e. The van der Waals surface area contributed by atoms with E-state index in [4.69, 9.17) is 9.47 Å². The summed E-state index contributed by atoms with van der Waals surface area (Å²) in [6.45, 7) is 4.68. The van der Waals surface area contributed by atoms with E-state index in [-0.39, 0.29) is 11.7 Å². The van der Waals surface area contributed by atoms with Crippen molar-refractivity contribution >= 4 is 5.52 Å². The molecular formula is C15H20N4O2. The molecule has 2 aliphatic rings. The van der Waals surface area contributed by atoms with Gasteiger partial charge in [-0.15, -0.1) is 0 Å². The summed E-state index contributed by atoms with van der Waals surface area (Å²) >= 11 is 0. The molecule has 6 nitrogen and oxygen atoms in total. The second-order valence-corrected chi connectivity index (χ2v) is 6.04. The first-order chi connectivity index (χ1) is 10.2. The molecule has 4 rings (SSSR count). The van der Waals surface area contributed by atoms with Crippen LogP contribution in [0.15, 0.2) is 18.5 Å². The fourth-order valence-electron chi connectivity index (χ4n) is 3.38. The molecule has 1 N–H and O–H groups in total. The summed E-state index contributed by atoms with van der Waals surface area (Å²) in [6.07, 6.45) is 6.73. The fraction of sp³-hybridized carbons (Fsp3) is 0.600. The summed E-state index contributed by atoms with van der Waals surface area (Å²) in [6, 6.07) is 2.00. The van der Waals surface area contributed by atoms with Gasteiger partial charge in [0.15, 0.2) is 0 Å². The van der Waals surface area contributed by atoms with Crippen LogP contribution in [0.3, 0.4) is 0 Å². The Morgan fingerprint density at radius 1 is 1.43 bits per heavy atom. The summed E-state index contributed by atoms with van der Waals surface area (Å²) < 4.78 is 14.0. The van der Waals surface area contributed by atoms with E-state index in [1.54, 1.807) is 6.20 Å². The van der Waals surface area contributed by atoms with Gasteiger partial charge in [0, 0.05) is 18.8 Å². The highest BCUT2D eigenvalue weighted by Crippen LogP contribution is 2.35. The van der Waals surface area contributed by atoms with Crippen LogP contribution >= 0.6 is 0 Å². The summed E-state index contributed by atoms with van der Waals surface area (Å²) in [4.78, 5) is 4.37. The maximum atomic E-state index is 6.11. The normalized spacial score (nSPS) is 24.7. The van der Waals surface area contributed by atoms with E-state index < -0.39 is 0 Å². The third-order valence-corrected chi connectivity index (χ3v) is 4.44. The molecule has 112 valence electrons. The Hall–Kier alpha value is -1.66. The fourth-order valence-corrected chi connectivity index (χ4v) is 3.38. The minimum atomic E-state index is 0.0111. The molecule has 0 amide bonds. The molecule has 1 atom stereocenters. The Bertz CT molecular complexity index is 648. The largest absolute Gasteiger partial charge is 0.470 e. The van der Waals surface area contributed by atoms with Crippen molar-refractivity contribution in [3.63, 3.8) is 0 Å². The minimum absolute atomic E-state index is 0.0111. The van der Waals surface area contributed by atoms with Crippen molar-refractivity contribution in [1.82, 2.24) is 19.9 Å². The lowest BCUT2D eigenvalue weighted by atomic mass is 9.89. The Kier molecular flexibility index (Phi) is 3.08. The van der Waals surface area contributed by atoms with E-state index in [1.807, 2.05) is 23.7 Å². The van der Waals surface area contributed by atoms with Crippen LogP contribution in [0.5, 0.6) is 5.88 Å². The Labute approximate surface area is 123 Å². The zero-order valence-electron chi connectivity index (χ0n) is 12.2. The second kappa shape index (κ2) is 4.96. The number of piperidine rings is 1. The van der Waals surface area contributed by atoms with Crippen molar-refractivity contribution in [3.8, 4) is 5.88 Å². The highest BCUT2D eigenvalue weighted by atomic mass is 16.6. The maximum Gasteiger partial charge on any atom is 0.240 e. The Balaban J connectivity index is 1.53. The average molecular weight is 288 g/mol. The lowest BCUT2D eigenvalue weighted by Crippen LogP contribution is -2.41. The monoisotopic (exact) mass is 288 g/mol. The van der Waals surface area contributed by atoms with Gasteiger partial charge in [0.1, 0.15) is 11.6 Å². The summed E-state index contributed by atoms with van der Waals surface area (Å²) in [7, 11) is 0. The van der Waals surface area contributed by atoms with E-state index >= 15 is 0 Å². The average Bonchev–Trinajstić information content (AvgIpc) is 3.04. The van der Waals surface area contributed by atoms with Crippen molar-refractivity contribution in [2.24, 2.45) is 0 Å². The van der Waals surface area contributed by atoms with Gasteiger partial charge >= 0.3 is 0 Å². The Morgan fingerprint density at radius 2 is 2.29 bits per heavy atom. The number of fused-ring (bicyclic) bond motifs is 1. The van der Waals surface area contributed by atoms with E-state index in [0.717, 1.165) is 43.6 Å². The lowest BCUT2D eigenvalue weighted by Gasteiger charge is -2.32. The lowest BCUT2D eigenvalue weighted by molar-refractivity contribution is -0.0205. The third kappa shape index (κ3) is 2.38. The molecule has 6 heteroatoms. The first-order valence-corrected chi connectivity index (χ1v) is 7.56. The SMILES string of the molecule is Cc1cc2c(OC3COC4(CCNCC4)C3)nccn2n1. The molecular weight excluding hydrogens is 268 g/mol. The Morgan fingerprint density at radius 3 is 3.14 bits per heavy atom. The van der Waals surface area contributed by atoms with Crippen molar-refractivity contribution in [2.75, 3.05) is 19.7 Å². The van der Waals surface area contributed by atoms with Gasteiger partial charge in [-0.05, 0) is 38.9 Å². The first kappa shape index (κ1) is 13.0. The molecule has 0 radical (unpaired) electrons. The zero-order chi connectivity index (χ0) is 14.3. The van der Waals surface area contributed by atoms with Crippen LogP contribution in [-0.4, -0.2) is 46.0 Å². The zero-order valence-corrected chi connectivity index (χ0v) is 12.2. The van der Waals surface area contributed by atoms with Gasteiger partial charge in [-0.3, -0.25) is 0 Å². The van der Waals surface area contributed by atoms with Crippen LogP contribution in [-0.2, 0) is 4.74 Å². The molecule has 0 saturated carbocycles. The molecule has 0 aliphatic carbocycles. The van der Waals surface area contributed by atoms with Crippen LogP contribution in [0.25, 0.3) is 5.52 Å². The van der Waals surface area contributed by atoms with Crippen LogP contribution in [0.1, 0.15) is 25.0 Å².